The van der Waals surface area contributed by atoms with Crippen LogP contribution < -0.4 is 11.0 Å². The Morgan fingerprint density at radius 1 is 1.00 bits per heavy atom. The van der Waals surface area contributed by atoms with Gasteiger partial charge in [0.2, 0.25) is 5.43 Å². The molecule has 0 aliphatic heterocycles. The summed E-state index contributed by atoms with van der Waals surface area (Å²) in [7, 11) is 0. The van der Waals surface area contributed by atoms with Gasteiger partial charge in [0.25, 0.3) is 5.56 Å². The molecule has 158 valence electrons. The summed E-state index contributed by atoms with van der Waals surface area (Å²) in [5, 5.41) is 0.0660. The zero-order chi connectivity index (χ0) is 22.0. The van der Waals surface area contributed by atoms with E-state index < -0.39 is 39.8 Å². The Morgan fingerprint density at radius 2 is 1.71 bits per heavy atom. The van der Waals surface area contributed by atoms with Crippen LogP contribution in [0.2, 0.25) is 0 Å². The van der Waals surface area contributed by atoms with Gasteiger partial charge in [0.15, 0.2) is 11.6 Å². The fourth-order valence-electron chi connectivity index (χ4n) is 3.70. The average molecular weight is 446 g/mol. The molecule has 2 heterocycles. The monoisotopic (exact) mass is 446 g/mol. The third-order valence-electron chi connectivity index (χ3n) is 5.52. The quantitative estimate of drug-likeness (QED) is 0.265. The Hall–Kier alpha value is -3.20. The largest absolute Gasteiger partial charge is 0.328 e. The van der Waals surface area contributed by atoms with Crippen LogP contribution in [0.1, 0.15) is 35.6 Å². The minimum atomic E-state index is -1.30. The van der Waals surface area contributed by atoms with Crippen LogP contribution >= 0.6 is 11.5 Å². The Kier molecular flexibility index (Phi) is 4.40. The lowest BCUT2D eigenvalue weighted by Crippen LogP contribution is -2.15. The summed E-state index contributed by atoms with van der Waals surface area (Å²) in [4.78, 5) is 25.4. The molecule has 0 saturated heterocycles. The molecule has 0 radical (unpaired) electrons. The number of rotatable bonds is 3. The van der Waals surface area contributed by atoms with Gasteiger partial charge in [-0.2, -0.15) is 0 Å². The fraction of sp³-hybridized carbons (Fsp3) is 0.182. The number of H-pyrrole nitrogens is 1. The van der Waals surface area contributed by atoms with E-state index in [0.29, 0.717) is 10.3 Å². The van der Waals surface area contributed by atoms with Crippen LogP contribution in [0.25, 0.3) is 33.3 Å². The number of nitrogens with zero attached hydrogens (tertiary/aromatic N) is 1. The molecule has 0 spiro atoms. The van der Waals surface area contributed by atoms with Crippen molar-refractivity contribution in [3.8, 4) is 0 Å². The topological polar surface area (TPSA) is 54.9 Å². The van der Waals surface area contributed by atoms with Crippen molar-refractivity contribution in [3.05, 3.63) is 78.7 Å². The van der Waals surface area contributed by atoms with E-state index >= 15 is 0 Å². The highest BCUT2D eigenvalue weighted by molar-refractivity contribution is 7.12. The summed E-state index contributed by atoms with van der Waals surface area (Å²) in [5.74, 6) is -4.22. The normalized spacial score (nSPS) is 14.4. The van der Waals surface area contributed by atoms with Gasteiger partial charge in [0.1, 0.15) is 21.9 Å². The van der Waals surface area contributed by atoms with Crippen molar-refractivity contribution in [2.24, 2.45) is 0 Å². The first-order valence-corrected chi connectivity index (χ1v) is 10.3. The van der Waals surface area contributed by atoms with Crippen LogP contribution in [-0.4, -0.2) is 8.94 Å². The van der Waals surface area contributed by atoms with Crippen LogP contribution in [0.4, 0.5) is 17.6 Å². The maximum Gasteiger partial charge on any atom is 0.271 e. The first-order chi connectivity index (χ1) is 14.8. The number of hydrogen-bond acceptors (Lipinski definition) is 3. The van der Waals surface area contributed by atoms with Gasteiger partial charge >= 0.3 is 0 Å². The predicted molar refractivity (Wildman–Crippen MR) is 112 cm³/mol. The highest BCUT2D eigenvalue weighted by Crippen LogP contribution is 2.40. The van der Waals surface area contributed by atoms with E-state index in [9.17, 15) is 27.2 Å². The van der Waals surface area contributed by atoms with E-state index in [1.165, 1.54) is 12.1 Å². The molecule has 4 aromatic rings. The summed E-state index contributed by atoms with van der Waals surface area (Å²) in [6, 6.07) is 3.39. The second-order valence-corrected chi connectivity index (χ2v) is 8.36. The maximum atomic E-state index is 14.8. The number of pyridine rings is 1. The third kappa shape index (κ3) is 3.03. The average Bonchev–Trinajstić information content (AvgIpc) is 3.51. The van der Waals surface area contributed by atoms with Gasteiger partial charge in [-0.15, -0.1) is 0 Å². The molecular weight excluding hydrogens is 432 g/mol. The minimum absolute atomic E-state index is 0.000214. The summed E-state index contributed by atoms with van der Waals surface area (Å²) in [5.41, 5.74) is -1.41. The van der Waals surface area contributed by atoms with E-state index in [-0.39, 0.29) is 27.9 Å². The Labute approximate surface area is 176 Å². The van der Waals surface area contributed by atoms with Gasteiger partial charge in [-0.1, -0.05) is 12.2 Å². The number of nitrogens with one attached hydrogen (secondary N) is 1. The number of benzene rings is 2. The van der Waals surface area contributed by atoms with Gasteiger partial charge < -0.3 is 4.57 Å². The molecule has 1 fully saturated rings. The lowest BCUT2D eigenvalue weighted by atomic mass is 10.1. The highest BCUT2D eigenvalue weighted by atomic mass is 32.1. The molecule has 1 aliphatic carbocycles. The van der Waals surface area contributed by atoms with Crippen LogP contribution in [0, 0.1) is 30.2 Å². The van der Waals surface area contributed by atoms with Crippen LogP contribution in [0.3, 0.4) is 0 Å². The van der Waals surface area contributed by atoms with E-state index in [4.69, 9.17) is 0 Å². The summed E-state index contributed by atoms with van der Waals surface area (Å²) < 4.78 is 60.9. The third-order valence-corrected chi connectivity index (χ3v) is 6.40. The van der Waals surface area contributed by atoms with E-state index in [0.717, 1.165) is 49.5 Å². The van der Waals surface area contributed by atoms with Crippen molar-refractivity contribution >= 4 is 44.8 Å². The van der Waals surface area contributed by atoms with Gasteiger partial charge in [0.05, 0.1) is 5.52 Å². The SMILES string of the molecule is Cc1c(F)cc(C=Cc2cc3c(cc2F)c(=O)c2c(=O)[nH]sc2n3C2CC2)c(F)c1F. The summed E-state index contributed by atoms with van der Waals surface area (Å²) in [6.45, 7) is 1.12. The van der Waals surface area contributed by atoms with Crippen molar-refractivity contribution in [2.75, 3.05) is 0 Å². The molecule has 9 heteroatoms. The first-order valence-electron chi connectivity index (χ1n) is 9.49. The predicted octanol–water partition coefficient (Wildman–Crippen LogP) is 5.27. The standard InChI is InChI=1S/C22H14F4N2O2S/c1-9-14(23)6-11(19(26)18(9)25)3-2-10-7-16-13(8-15(10)24)20(29)17-21(30)27-31-22(17)28(16)12-4-5-12/h2-3,6-8,12H,4-5H2,1H3,(H,27,30). The van der Waals surface area contributed by atoms with Crippen molar-refractivity contribution in [1.82, 2.24) is 8.94 Å². The van der Waals surface area contributed by atoms with Gasteiger partial charge in [-0.25, -0.2) is 17.6 Å². The summed E-state index contributed by atoms with van der Waals surface area (Å²) in [6.07, 6.45) is 3.99. The van der Waals surface area contributed by atoms with Crippen LogP contribution in [0.5, 0.6) is 0 Å². The number of hydrogen-bond donors (Lipinski definition) is 1. The van der Waals surface area contributed by atoms with Gasteiger partial charge in [-0.05, 0) is 49.5 Å². The molecule has 1 N–H and O–H groups in total. The molecule has 0 unspecified atom stereocenters. The van der Waals surface area contributed by atoms with E-state index in [1.807, 2.05) is 4.57 Å². The first kappa shape index (κ1) is 19.7. The van der Waals surface area contributed by atoms with Crippen molar-refractivity contribution in [1.29, 1.82) is 0 Å². The maximum absolute atomic E-state index is 14.8. The molecule has 0 atom stereocenters. The lowest BCUT2D eigenvalue weighted by Gasteiger charge is -2.12. The van der Waals surface area contributed by atoms with E-state index in [1.54, 1.807) is 0 Å². The van der Waals surface area contributed by atoms with Crippen molar-refractivity contribution < 1.29 is 17.6 Å². The Balaban J connectivity index is 1.73. The number of fused-ring (bicyclic) bond motifs is 2. The molecule has 5 rings (SSSR count). The molecule has 2 aromatic carbocycles. The molecule has 2 aromatic heterocycles. The molecule has 0 amide bonds. The zero-order valence-electron chi connectivity index (χ0n) is 16.1. The number of halogens is 4. The number of aromatic amines is 1. The van der Waals surface area contributed by atoms with E-state index in [2.05, 4.69) is 4.37 Å². The van der Waals surface area contributed by atoms with Crippen LogP contribution in [-0.2, 0) is 0 Å². The van der Waals surface area contributed by atoms with Crippen LogP contribution in [0.15, 0.2) is 27.8 Å². The smallest absolute Gasteiger partial charge is 0.271 e. The van der Waals surface area contributed by atoms with Gasteiger partial charge in [0, 0.05) is 28.1 Å². The molecule has 31 heavy (non-hydrogen) atoms. The second-order valence-electron chi connectivity index (χ2n) is 7.57. The van der Waals surface area contributed by atoms with Crippen molar-refractivity contribution in [2.45, 2.75) is 25.8 Å². The van der Waals surface area contributed by atoms with Gasteiger partial charge in [-0.3, -0.25) is 14.0 Å². The fourth-order valence-corrected chi connectivity index (χ4v) is 4.62. The molecule has 1 aliphatic rings. The lowest BCUT2D eigenvalue weighted by molar-refractivity contribution is 0.484. The number of aromatic nitrogens is 2. The second kappa shape index (κ2) is 6.91. The highest BCUT2D eigenvalue weighted by Gasteiger charge is 2.29. The molecular formula is C22H14F4N2O2S. The Morgan fingerprint density at radius 3 is 2.42 bits per heavy atom. The van der Waals surface area contributed by atoms with Crippen molar-refractivity contribution in [3.63, 3.8) is 0 Å². The Bertz CT molecular complexity index is 1540. The molecule has 1 saturated carbocycles. The minimum Gasteiger partial charge on any atom is -0.328 e. The summed E-state index contributed by atoms with van der Waals surface area (Å²) >= 11 is 1.05. The zero-order valence-corrected chi connectivity index (χ0v) is 16.9. The molecule has 0 bridgehead atoms. The molecule has 4 nitrogen and oxygen atoms in total.